The van der Waals surface area contributed by atoms with E-state index in [1.807, 2.05) is 0 Å². The maximum Gasteiger partial charge on any atom is 0.270 e. The van der Waals surface area contributed by atoms with Crippen LogP contribution in [0, 0.1) is 11.6 Å². The Morgan fingerprint density at radius 2 is 1.84 bits per heavy atom. The molecular weight excluding hydrogens is 430 g/mol. The number of aromatic nitrogens is 2. The number of likely N-dealkylation sites (N-methyl/N-ethyl adjacent to an activating group) is 1. The van der Waals surface area contributed by atoms with Crippen molar-refractivity contribution in [3.63, 3.8) is 0 Å². The summed E-state index contributed by atoms with van der Waals surface area (Å²) in [5.74, 6) is -5.53. The van der Waals surface area contributed by atoms with Crippen LogP contribution in [0.4, 0.5) is 17.6 Å². The fraction of sp³-hybridized carbons (Fsp3) is 0.364. The fourth-order valence-electron chi connectivity index (χ4n) is 4.59. The molecule has 1 aliphatic heterocycles. The lowest BCUT2D eigenvalue weighted by Gasteiger charge is -2.33. The summed E-state index contributed by atoms with van der Waals surface area (Å²) in [6.07, 6.45) is -0.567. The molecule has 6 nitrogen and oxygen atoms in total. The number of rotatable bonds is 2. The molecule has 5 rings (SSSR count). The molecule has 1 amide bonds. The Kier molecular flexibility index (Phi) is 4.66. The number of halogens is 4. The van der Waals surface area contributed by atoms with E-state index in [9.17, 15) is 27.2 Å². The fourth-order valence-corrected chi connectivity index (χ4v) is 4.59. The van der Waals surface area contributed by atoms with Gasteiger partial charge in [0.1, 0.15) is 5.69 Å². The van der Waals surface area contributed by atoms with Crippen molar-refractivity contribution >= 4 is 16.7 Å². The van der Waals surface area contributed by atoms with E-state index in [1.165, 1.54) is 18.0 Å². The van der Waals surface area contributed by atoms with Gasteiger partial charge in [-0.25, -0.2) is 17.6 Å². The van der Waals surface area contributed by atoms with Gasteiger partial charge in [0.05, 0.1) is 24.6 Å². The van der Waals surface area contributed by atoms with Gasteiger partial charge < -0.3 is 19.6 Å². The van der Waals surface area contributed by atoms with Gasteiger partial charge in [-0.3, -0.25) is 9.59 Å². The van der Waals surface area contributed by atoms with E-state index in [1.54, 1.807) is 0 Å². The first-order valence-corrected chi connectivity index (χ1v) is 10.1. The predicted molar refractivity (Wildman–Crippen MR) is 107 cm³/mol. The maximum absolute atomic E-state index is 14.0. The van der Waals surface area contributed by atoms with Crippen molar-refractivity contribution in [2.75, 3.05) is 13.7 Å². The summed E-state index contributed by atoms with van der Waals surface area (Å²) in [7, 11) is 1.51. The number of benzene rings is 1. The van der Waals surface area contributed by atoms with Crippen molar-refractivity contribution < 1.29 is 27.1 Å². The molecule has 2 N–H and O–H groups in total. The number of aryl methyl sites for hydroxylation is 1. The molecule has 0 bridgehead atoms. The second-order valence-electron chi connectivity index (χ2n) is 8.32. The van der Waals surface area contributed by atoms with Crippen LogP contribution in [0.25, 0.3) is 10.8 Å². The monoisotopic (exact) mass is 449 g/mol. The largest absolute Gasteiger partial charge is 0.373 e. The summed E-state index contributed by atoms with van der Waals surface area (Å²) < 4.78 is 60.8. The van der Waals surface area contributed by atoms with Gasteiger partial charge in [-0.2, -0.15) is 0 Å². The Labute approximate surface area is 179 Å². The van der Waals surface area contributed by atoms with Gasteiger partial charge in [0.2, 0.25) is 0 Å². The van der Waals surface area contributed by atoms with Crippen molar-refractivity contribution in [1.29, 1.82) is 0 Å². The number of pyridine rings is 1. The highest BCUT2D eigenvalue weighted by molar-refractivity contribution is 5.94. The number of amides is 1. The Balaban J connectivity index is 1.55. The third-order valence-corrected chi connectivity index (χ3v) is 6.24. The van der Waals surface area contributed by atoms with Gasteiger partial charge in [-0.1, -0.05) is 0 Å². The van der Waals surface area contributed by atoms with Crippen LogP contribution < -0.4 is 5.56 Å². The quantitative estimate of drug-likeness (QED) is 0.587. The molecule has 0 fully saturated rings. The minimum absolute atomic E-state index is 0.0343. The van der Waals surface area contributed by atoms with Crippen molar-refractivity contribution in [1.82, 2.24) is 14.9 Å². The highest BCUT2D eigenvalue weighted by Gasteiger charge is 2.37. The van der Waals surface area contributed by atoms with Crippen molar-refractivity contribution in [3.05, 3.63) is 68.4 Å². The molecular formula is C22H19F4N3O3. The molecule has 10 heteroatoms. The second-order valence-corrected chi connectivity index (χ2v) is 8.32. The number of hydrogen-bond acceptors (Lipinski definition) is 3. The van der Waals surface area contributed by atoms with E-state index >= 15 is 0 Å². The number of H-pyrrole nitrogens is 2. The number of carbonyl (C=O) groups excluding carboxylic acids is 1. The summed E-state index contributed by atoms with van der Waals surface area (Å²) in [6, 6.07) is 2.51. The Hall–Kier alpha value is -3.14. The Morgan fingerprint density at radius 1 is 1.12 bits per heavy atom. The third kappa shape index (κ3) is 3.29. The van der Waals surface area contributed by atoms with Crippen molar-refractivity contribution in [3.8, 4) is 0 Å². The SMILES string of the molecule is CN(C(=O)c1cc2c([nH]1)CCC(F)(F)C2)[C@H]1COCc2[nH]c(=O)c3cc(F)c(F)cc3c21. The van der Waals surface area contributed by atoms with Crippen LogP contribution in [0.1, 0.15) is 45.5 Å². The van der Waals surface area contributed by atoms with E-state index in [0.29, 0.717) is 22.5 Å². The average Bonchev–Trinajstić information content (AvgIpc) is 3.15. The molecule has 0 radical (unpaired) electrons. The van der Waals surface area contributed by atoms with Crippen LogP contribution >= 0.6 is 0 Å². The predicted octanol–water partition coefficient (Wildman–Crippen LogP) is 3.60. The van der Waals surface area contributed by atoms with Crippen LogP contribution in [0.2, 0.25) is 0 Å². The van der Waals surface area contributed by atoms with E-state index in [4.69, 9.17) is 4.74 Å². The zero-order chi connectivity index (χ0) is 22.8. The molecule has 1 aliphatic carbocycles. The highest BCUT2D eigenvalue weighted by Crippen LogP contribution is 2.36. The molecule has 0 saturated carbocycles. The van der Waals surface area contributed by atoms with Gasteiger partial charge in [0, 0.05) is 36.8 Å². The minimum atomic E-state index is -2.80. The summed E-state index contributed by atoms with van der Waals surface area (Å²) >= 11 is 0. The molecule has 2 aromatic heterocycles. The Bertz CT molecular complexity index is 1310. The zero-order valence-electron chi connectivity index (χ0n) is 17.0. The number of nitrogens with one attached hydrogen (secondary N) is 2. The zero-order valence-corrected chi connectivity index (χ0v) is 17.0. The first-order valence-electron chi connectivity index (χ1n) is 10.1. The molecule has 0 saturated heterocycles. The van der Waals surface area contributed by atoms with Crippen LogP contribution in [-0.4, -0.2) is 40.4 Å². The summed E-state index contributed by atoms with van der Waals surface area (Å²) in [6.45, 7) is 0.109. The van der Waals surface area contributed by atoms with Gasteiger partial charge in [-0.05, 0) is 35.6 Å². The minimum Gasteiger partial charge on any atom is -0.373 e. The molecule has 0 spiro atoms. The molecule has 3 heterocycles. The summed E-state index contributed by atoms with van der Waals surface area (Å²) in [5.41, 5.74) is 1.42. The molecule has 0 unspecified atom stereocenters. The number of carbonyl (C=O) groups is 1. The number of alkyl halides is 2. The van der Waals surface area contributed by atoms with Gasteiger partial charge in [0.25, 0.3) is 17.4 Å². The lowest BCUT2D eigenvalue weighted by atomic mass is 9.94. The molecule has 1 aromatic carbocycles. The second kappa shape index (κ2) is 7.19. The number of fused-ring (bicyclic) bond motifs is 4. The molecule has 168 valence electrons. The van der Waals surface area contributed by atoms with E-state index in [2.05, 4.69) is 9.97 Å². The van der Waals surface area contributed by atoms with Gasteiger partial charge in [0.15, 0.2) is 11.6 Å². The molecule has 32 heavy (non-hydrogen) atoms. The number of hydrogen-bond donors (Lipinski definition) is 2. The molecule has 2 aliphatic rings. The van der Waals surface area contributed by atoms with E-state index < -0.39 is 41.5 Å². The van der Waals surface area contributed by atoms with E-state index in [0.717, 1.165) is 12.1 Å². The average molecular weight is 449 g/mol. The topological polar surface area (TPSA) is 78.2 Å². The van der Waals surface area contributed by atoms with Crippen LogP contribution in [-0.2, 0) is 24.2 Å². The summed E-state index contributed by atoms with van der Waals surface area (Å²) in [4.78, 5) is 32.5. The first kappa shape index (κ1) is 20.7. The number of nitrogens with zero attached hydrogens (tertiary/aromatic N) is 1. The van der Waals surface area contributed by atoms with Crippen LogP contribution in [0.15, 0.2) is 23.0 Å². The van der Waals surface area contributed by atoms with Gasteiger partial charge in [-0.15, -0.1) is 0 Å². The number of aromatic amines is 2. The lowest BCUT2D eigenvalue weighted by Crippen LogP contribution is -2.37. The Morgan fingerprint density at radius 3 is 2.59 bits per heavy atom. The standard InChI is InChI=1S/C22H19F4N3O3/c1-29(21(31)16-4-10-7-22(25,26)3-2-15(10)27-16)18-9-32-8-17-19(18)11-5-13(23)14(24)6-12(11)20(30)28-17/h4-6,18,27H,2-3,7-9H2,1H3,(H,28,30)/t18-/m0/s1. The van der Waals surface area contributed by atoms with Crippen LogP contribution in [0.5, 0.6) is 0 Å². The van der Waals surface area contributed by atoms with Crippen molar-refractivity contribution in [2.45, 2.75) is 37.8 Å². The lowest BCUT2D eigenvalue weighted by molar-refractivity contribution is -0.0124. The normalized spacial score (nSPS) is 19.5. The van der Waals surface area contributed by atoms with E-state index in [-0.39, 0.29) is 42.5 Å². The smallest absolute Gasteiger partial charge is 0.270 e. The maximum atomic E-state index is 14.0. The summed E-state index contributed by atoms with van der Waals surface area (Å²) in [5, 5.41) is 0.161. The molecule has 3 aromatic rings. The van der Waals surface area contributed by atoms with Crippen LogP contribution in [0.3, 0.4) is 0 Å². The molecule has 1 atom stereocenters. The highest BCUT2D eigenvalue weighted by atomic mass is 19.3. The number of ether oxygens (including phenoxy) is 1. The first-order chi connectivity index (χ1) is 15.1. The van der Waals surface area contributed by atoms with Crippen molar-refractivity contribution in [2.24, 2.45) is 0 Å². The third-order valence-electron chi connectivity index (χ3n) is 6.24. The van der Waals surface area contributed by atoms with Gasteiger partial charge >= 0.3 is 0 Å².